The molecule has 1 atom stereocenters. The normalized spacial score (nSPS) is 19.8. The van der Waals surface area contributed by atoms with E-state index in [1.54, 1.807) is 4.90 Å². The molecule has 158 valence electrons. The molecule has 2 aromatic rings. The zero-order chi connectivity index (χ0) is 20.9. The van der Waals surface area contributed by atoms with Crippen LogP contribution in [0.3, 0.4) is 0 Å². The molecule has 2 fully saturated rings. The summed E-state index contributed by atoms with van der Waals surface area (Å²) in [7, 11) is 0. The summed E-state index contributed by atoms with van der Waals surface area (Å²) >= 11 is 5.95. The Kier molecular flexibility index (Phi) is 6.67. The van der Waals surface area contributed by atoms with E-state index in [2.05, 4.69) is 10.2 Å². The van der Waals surface area contributed by atoms with E-state index in [4.69, 9.17) is 16.3 Å². The summed E-state index contributed by atoms with van der Waals surface area (Å²) in [5.41, 5.74) is 2.79. The number of nitrogens with one attached hydrogen (secondary N) is 1. The number of amides is 2. The van der Waals surface area contributed by atoms with Crippen molar-refractivity contribution in [1.29, 1.82) is 0 Å². The highest BCUT2D eigenvalue weighted by Crippen LogP contribution is 2.23. The van der Waals surface area contributed by atoms with Crippen molar-refractivity contribution in [2.45, 2.75) is 25.3 Å². The summed E-state index contributed by atoms with van der Waals surface area (Å²) in [5.74, 6) is -0.0147. The van der Waals surface area contributed by atoms with Gasteiger partial charge in [-0.05, 0) is 67.8 Å². The number of benzene rings is 2. The van der Waals surface area contributed by atoms with Gasteiger partial charge in [0.1, 0.15) is 6.61 Å². The summed E-state index contributed by atoms with van der Waals surface area (Å²) in [5, 5.41) is 3.77. The van der Waals surface area contributed by atoms with Crippen molar-refractivity contribution in [3.8, 4) is 0 Å². The second kappa shape index (κ2) is 9.60. The fourth-order valence-corrected chi connectivity index (χ4v) is 4.18. The Balaban J connectivity index is 1.33. The minimum atomic E-state index is -0.113. The molecule has 0 aromatic heterocycles. The maximum atomic E-state index is 12.9. The average molecular weight is 428 g/mol. The number of anilines is 2. The number of morpholine rings is 1. The smallest absolute Gasteiger partial charge is 0.253 e. The van der Waals surface area contributed by atoms with Gasteiger partial charge >= 0.3 is 0 Å². The SMILES string of the molecule is O=C(Nc1ccc(N2CCOCC2=O)cc1)[C@H]1CCCN1CCc1ccc(Cl)cc1. The lowest BCUT2D eigenvalue weighted by Crippen LogP contribution is -2.41. The first kappa shape index (κ1) is 20.8. The maximum Gasteiger partial charge on any atom is 0.253 e. The van der Waals surface area contributed by atoms with Gasteiger partial charge in [0.15, 0.2) is 0 Å². The van der Waals surface area contributed by atoms with Gasteiger partial charge in [-0.25, -0.2) is 0 Å². The monoisotopic (exact) mass is 427 g/mol. The van der Waals surface area contributed by atoms with Crippen LogP contribution in [0.1, 0.15) is 18.4 Å². The first-order valence-electron chi connectivity index (χ1n) is 10.4. The van der Waals surface area contributed by atoms with Crippen LogP contribution in [0.5, 0.6) is 0 Å². The second-order valence-corrected chi connectivity index (χ2v) is 8.14. The first-order chi connectivity index (χ1) is 14.6. The highest BCUT2D eigenvalue weighted by atomic mass is 35.5. The van der Waals surface area contributed by atoms with E-state index in [1.807, 2.05) is 48.5 Å². The van der Waals surface area contributed by atoms with E-state index < -0.39 is 0 Å². The Labute approximate surface area is 181 Å². The van der Waals surface area contributed by atoms with Crippen molar-refractivity contribution < 1.29 is 14.3 Å². The van der Waals surface area contributed by atoms with E-state index in [0.717, 1.165) is 48.7 Å². The van der Waals surface area contributed by atoms with Crippen LogP contribution in [0.25, 0.3) is 0 Å². The van der Waals surface area contributed by atoms with E-state index in [1.165, 1.54) is 5.56 Å². The van der Waals surface area contributed by atoms with E-state index in [0.29, 0.717) is 13.2 Å². The molecule has 4 rings (SSSR count). The fraction of sp³-hybridized carbons (Fsp3) is 0.391. The third kappa shape index (κ3) is 5.01. The molecule has 2 aromatic carbocycles. The Morgan fingerprint density at radius 2 is 1.87 bits per heavy atom. The minimum absolute atomic E-state index is 0.0267. The molecule has 0 spiro atoms. The zero-order valence-corrected chi connectivity index (χ0v) is 17.6. The fourth-order valence-electron chi connectivity index (χ4n) is 4.06. The predicted octanol–water partition coefficient (Wildman–Crippen LogP) is 3.35. The maximum absolute atomic E-state index is 12.9. The molecule has 0 saturated carbocycles. The highest BCUT2D eigenvalue weighted by molar-refractivity contribution is 6.30. The number of ether oxygens (including phenoxy) is 1. The molecule has 0 radical (unpaired) electrons. The molecule has 7 heteroatoms. The van der Waals surface area contributed by atoms with Crippen molar-refractivity contribution in [1.82, 2.24) is 4.90 Å². The van der Waals surface area contributed by atoms with Gasteiger partial charge in [0.2, 0.25) is 5.91 Å². The topological polar surface area (TPSA) is 61.9 Å². The molecule has 0 bridgehead atoms. The molecular weight excluding hydrogens is 402 g/mol. The number of rotatable bonds is 6. The van der Waals surface area contributed by atoms with Crippen LogP contribution >= 0.6 is 11.6 Å². The summed E-state index contributed by atoms with van der Waals surface area (Å²) < 4.78 is 5.17. The van der Waals surface area contributed by atoms with Crippen LogP contribution in [0.2, 0.25) is 5.02 Å². The van der Waals surface area contributed by atoms with Gasteiger partial charge in [-0.1, -0.05) is 23.7 Å². The molecule has 30 heavy (non-hydrogen) atoms. The van der Waals surface area contributed by atoms with Crippen molar-refractivity contribution in [2.75, 3.05) is 43.1 Å². The largest absolute Gasteiger partial charge is 0.370 e. The number of hydrogen-bond donors (Lipinski definition) is 1. The number of halogens is 1. The molecular formula is C23H26ClN3O3. The van der Waals surface area contributed by atoms with Crippen LogP contribution in [-0.4, -0.2) is 55.6 Å². The van der Waals surface area contributed by atoms with E-state index >= 15 is 0 Å². The number of carbonyl (C=O) groups excluding carboxylic acids is 2. The molecule has 0 unspecified atom stereocenters. The van der Waals surface area contributed by atoms with Crippen LogP contribution in [0.15, 0.2) is 48.5 Å². The molecule has 2 saturated heterocycles. The molecule has 6 nitrogen and oxygen atoms in total. The summed E-state index contributed by atoms with van der Waals surface area (Å²) in [4.78, 5) is 28.8. The first-order valence-corrected chi connectivity index (χ1v) is 10.8. The summed E-state index contributed by atoms with van der Waals surface area (Å²) in [6, 6.07) is 15.2. The van der Waals surface area contributed by atoms with E-state index in [9.17, 15) is 9.59 Å². The predicted molar refractivity (Wildman–Crippen MR) is 118 cm³/mol. The standard InChI is InChI=1S/C23H26ClN3O3/c24-18-5-3-17(4-6-18)11-13-26-12-1-2-21(26)23(29)25-19-7-9-20(10-8-19)27-14-15-30-16-22(27)28/h3-10,21H,1-2,11-16H2,(H,25,29)/t21-/m1/s1. The number of hydrogen-bond acceptors (Lipinski definition) is 4. The summed E-state index contributed by atoms with van der Waals surface area (Å²) in [6.45, 7) is 2.99. The van der Waals surface area contributed by atoms with Crippen molar-refractivity contribution in [3.05, 3.63) is 59.1 Å². The van der Waals surface area contributed by atoms with Crippen molar-refractivity contribution in [3.63, 3.8) is 0 Å². The third-order valence-corrected chi connectivity index (χ3v) is 5.95. The van der Waals surface area contributed by atoms with Gasteiger partial charge in [0.05, 0.1) is 12.6 Å². The second-order valence-electron chi connectivity index (χ2n) is 7.70. The zero-order valence-electron chi connectivity index (χ0n) is 16.9. The van der Waals surface area contributed by atoms with Crippen LogP contribution < -0.4 is 10.2 Å². The Hall–Kier alpha value is -2.41. The van der Waals surface area contributed by atoms with Gasteiger partial charge in [-0.3, -0.25) is 14.5 Å². The highest BCUT2D eigenvalue weighted by Gasteiger charge is 2.30. The number of likely N-dealkylation sites (tertiary alicyclic amines) is 1. The molecule has 2 amide bonds. The molecule has 2 aliphatic heterocycles. The number of carbonyl (C=O) groups is 2. The van der Waals surface area contributed by atoms with Gasteiger partial charge in [-0.2, -0.15) is 0 Å². The van der Waals surface area contributed by atoms with Crippen molar-refractivity contribution >= 4 is 34.8 Å². The van der Waals surface area contributed by atoms with Crippen LogP contribution in [-0.2, 0) is 20.7 Å². The molecule has 1 N–H and O–H groups in total. The lowest BCUT2D eigenvalue weighted by molar-refractivity contribution is -0.125. The Morgan fingerprint density at radius 3 is 2.60 bits per heavy atom. The van der Waals surface area contributed by atoms with E-state index in [-0.39, 0.29) is 24.5 Å². The quantitative estimate of drug-likeness (QED) is 0.768. The van der Waals surface area contributed by atoms with Crippen LogP contribution in [0.4, 0.5) is 11.4 Å². The lowest BCUT2D eigenvalue weighted by Gasteiger charge is -2.27. The lowest BCUT2D eigenvalue weighted by atomic mass is 10.1. The molecule has 2 heterocycles. The molecule has 2 aliphatic rings. The van der Waals surface area contributed by atoms with Gasteiger partial charge in [0, 0.05) is 29.5 Å². The van der Waals surface area contributed by atoms with Crippen molar-refractivity contribution in [2.24, 2.45) is 0 Å². The minimum Gasteiger partial charge on any atom is -0.370 e. The summed E-state index contributed by atoms with van der Waals surface area (Å²) in [6.07, 6.45) is 2.78. The van der Waals surface area contributed by atoms with Gasteiger partial charge in [-0.15, -0.1) is 0 Å². The Bertz CT molecular complexity index is 886. The molecule has 0 aliphatic carbocycles. The van der Waals surface area contributed by atoms with Gasteiger partial charge < -0.3 is 15.0 Å². The third-order valence-electron chi connectivity index (χ3n) is 5.70. The van der Waals surface area contributed by atoms with Gasteiger partial charge in [0.25, 0.3) is 5.91 Å². The van der Waals surface area contributed by atoms with Crippen LogP contribution in [0, 0.1) is 0 Å². The number of nitrogens with zero attached hydrogens (tertiary/aromatic N) is 2. The Morgan fingerprint density at radius 1 is 1.10 bits per heavy atom. The average Bonchev–Trinajstić information content (AvgIpc) is 3.23.